The largest absolute Gasteiger partial charge is 1.00 e. The lowest BCUT2D eigenvalue weighted by atomic mass is 9.96. The molecule has 1 N–H and O–H groups in total. The molecule has 0 spiro atoms. The fourth-order valence-electron chi connectivity index (χ4n) is 3.54. The number of halogens is 1. The highest BCUT2D eigenvalue weighted by Gasteiger charge is 2.25. The fourth-order valence-corrected chi connectivity index (χ4v) is 4.43. The Bertz CT molecular complexity index is 796. The second-order valence-electron chi connectivity index (χ2n) is 7.07. The minimum absolute atomic E-state index is 0. The molecule has 154 valence electrons. The van der Waals surface area contributed by atoms with E-state index in [-0.39, 0.29) is 35.4 Å². The number of ether oxygens (including phenoxy) is 1. The summed E-state index contributed by atoms with van der Waals surface area (Å²) in [6.07, 6.45) is 10.9. The first-order valence-corrected chi connectivity index (χ1v) is 10.6. The normalized spacial score (nSPS) is 14.4. The summed E-state index contributed by atoms with van der Waals surface area (Å²) in [5, 5.41) is 4.79. The van der Waals surface area contributed by atoms with Crippen molar-refractivity contribution in [2.24, 2.45) is 0 Å². The molecule has 2 heterocycles. The number of anilines is 1. The molecule has 6 nitrogen and oxygen atoms in total. The van der Waals surface area contributed by atoms with E-state index in [1.807, 2.05) is 42.4 Å². The zero-order valence-electron chi connectivity index (χ0n) is 16.4. The Morgan fingerprint density at radius 2 is 2.07 bits per heavy atom. The van der Waals surface area contributed by atoms with E-state index < -0.39 is 0 Å². The number of hydrogen-bond acceptors (Lipinski definition) is 4. The Hall–Kier alpha value is -1.67. The lowest BCUT2D eigenvalue weighted by molar-refractivity contribution is -0.767. The Labute approximate surface area is 180 Å². The van der Waals surface area contributed by atoms with Gasteiger partial charge in [-0.25, -0.2) is 4.79 Å². The lowest BCUT2D eigenvalue weighted by Gasteiger charge is -2.20. The van der Waals surface area contributed by atoms with Crippen LogP contribution in [0.4, 0.5) is 5.69 Å². The van der Waals surface area contributed by atoms with Gasteiger partial charge in [0.15, 0.2) is 6.20 Å². The zero-order valence-corrected chi connectivity index (χ0v) is 18.9. The van der Waals surface area contributed by atoms with E-state index in [4.69, 9.17) is 4.74 Å². The number of aromatic nitrogens is 2. The molecule has 1 aliphatic rings. The second-order valence-corrected chi connectivity index (χ2v) is 7.95. The number of rotatable bonds is 7. The van der Waals surface area contributed by atoms with E-state index in [0.717, 1.165) is 24.8 Å². The average molecular weight is 470 g/mol. The van der Waals surface area contributed by atoms with Crippen LogP contribution in [0.2, 0.25) is 0 Å². The molecule has 1 aliphatic carbocycles. The summed E-state index contributed by atoms with van der Waals surface area (Å²) in [6, 6.07) is 2.44. The summed E-state index contributed by atoms with van der Waals surface area (Å²) in [4.78, 5) is 25.3. The quantitative estimate of drug-likeness (QED) is 0.483. The fraction of sp³-hybridized carbons (Fsp3) is 0.550. The maximum atomic E-state index is 12.7. The van der Waals surface area contributed by atoms with Gasteiger partial charge in [0.25, 0.3) is 5.91 Å². The molecule has 0 bridgehead atoms. The van der Waals surface area contributed by atoms with Crippen LogP contribution in [0.15, 0.2) is 23.8 Å². The predicted molar refractivity (Wildman–Crippen MR) is 105 cm³/mol. The highest BCUT2D eigenvalue weighted by molar-refractivity contribution is 7.12. The average Bonchev–Trinajstić information content (AvgIpc) is 3.27. The Kier molecular flexibility index (Phi) is 8.69. The molecule has 0 atom stereocenters. The number of aryl methyl sites for hydroxylation is 1. The summed E-state index contributed by atoms with van der Waals surface area (Å²) < 4.78 is 9.36. The summed E-state index contributed by atoms with van der Waals surface area (Å²) in [6.45, 7) is 4.45. The van der Waals surface area contributed by atoms with Crippen LogP contribution < -0.4 is 27.0 Å². The maximum absolute atomic E-state index is 12.7. The first-order valence-electron chi connectivity index (χ1n) is 9.71. The number of nitrogens with one attached hydrogen (secondary N) is 1. The Balaban J connectivity index is 0.00000280. The van der Waals surface area contributed by atoms with Crippen molar-refractivity contribution >= 4 is 28.9 Å². The number of amides is 1. The highest BCUT2D eigenvalue weighted by Crippen LogP contribution is 2.29. The van der Waals surface area contributed by atoms with Crippen LogP contribution in [-0.2, 0) is 16.1 Å². The van der Waals surface area contributed by atoms with Crippen molar-refractivity contribution in [3.63, 3.8) is 0 Å². The molecule has 8 heteroatoms. The Morgan fingerprint density at radius 1 is 1.32 bits per heavy atom. The molecule has 0 radical (unpaired) electrons. The summed E-state index contributed by atoms with van der Waals surface area (Å²) in [7, 11) is 0. The van der Waals surface area contributed by atoms with Gasteiger partial charge in [-0.3, -0.25) is 4.79 Å². The molecule has 0 unspecified atom stereocenters. The molecule has 2 aromatic rings. The SMILES string of the molecule is CCCOC(=O)c1scc(C)c1NC(=O)C[n+]1cccn1C1CCCCC1.[Br-]. The van der Waals surface area contributed by atoms with Gasteiger partial charge >= 0.3 is 5.97 Å². The van der Waals surface area contributed by atoms with E-state index in [0.29, 0.717) is 23.2 Å². The van der Waals surface area contributed by atoms with E-state index in [2.05, 4.69) is 10.00 Å². The van der Waals surface area contributed by atoms with Crippen LogP contribution in [0.1, 0.15) is 66.7 Å². The third-order valence-electron chi connectivity index (χ3n) is 4.91. The van der Waals surface area contributed by atoms with E-state index in [9.17, 15) is 9.59 Å². The monoisotopic (exact) mass is 469 g/mol. The van der Waals surface area contributed by atoms with E-state index >= 15 is 0 Å². The number of carbonyl (C=O) groups is 2. The third-order valence-corrected chi connectivity index (χ3v) is 5.99. The van der Waals surface area contributed by atoms with Crippen LogP contribution >= 0.6 is 11.3 Å². The molecule has 1 fully saturated rings. The van der Waals surface area contributed by atoms with Gasteiger partial charge < -0.3 is 27.0 Å². The first kappa shape index (κ1) is 22.6. The number of thiophene rings is 1. The van der Waals surface area contributed by atoms with Crippen molar-refractivity contribution in [1.82, 2.24) is 4.68 Å². The smallest absolute Gasteiger partial charge is 0.350 e. The first-order chi connectivity index (χ1) is 13.1. The molecular weight excluding hydrogens is 442 g/mol. The standard InChI is InChI=1S/C20H27N3O3S.BrH/c1-3-12-26-20(25)19-18(15(2)14-27-19)21-17(24)13-22-10-7-11-23(22)16-8-5-4-6-9-16;/h7,10-11,14,16H,3-6,8-9,12-13H2,1-2H3;1H. The van der Waals surface area contributed by atoms with Crippen molar-refractivity contribution in [3.8, 4) is 0 Å². The zero-order chi connectivity index (χ0) is 19.2. The number of nitrogens with zero attached hydrogens (tertiary/aromatic N) is 2. The van der Waals surface area contributed by atoms with Crippen molar-refractivity contribution in [2.75, 3.05) is 11.9 Å². The summed E-state index contributed by atoms with van der Waals surface area (Å²) in [5.41, 5.74) is 1.45. The van der Waals surface area contributed by atoms with Crippen molar-refractivity contribution in [1.29, 1.82) is 0 Å². The van der Waals surface area contributed by atoms with Crippen LogP contribution in [-0.4, -0.2) is 23.2 Å². The van der Waals surface area contributed by atoms with Gasteiger partial charge in [-0.15, -0.1) is 16.0 Å². The molecule has 28 heavy (non-hydrogen) atoms. The third kappa shape index (κ3) is 5.44. The van der Waals surface area contributed by atoms with Crippen molar-refractivity contribution < 1.29 is 36.0 Å². The van der Waals surface area contributed by atoms with Crippen molar-refractivity contribution in [3.05, 3.63) is 34.3 Å². The topological polar surface area (TPSA) is 64.2 Å². The van der Waals surface area contributed by atoms with Crippen LogP contribution in [0, 0.1) is 6.92 Å². The molecule has 0 aliphatic heterocycles. The van der Waals surface area contributed by atoms with Crippen molar-refractivity contribution in [2.45, 2.75) is 65.0 Å². The Morgan fingerprint density at radius 3 is 2.79 bits per heavy atom. The summed E-state index contributed by atoms with van der Waals surface area (Å²) >= 11 is 1.31. The van der Waals surface area contributed by atoms with Gasteiger partial charge in [-0.1, -0.05) is 26.2 Å². The predicted octanol–water partition coefficient (Wildman–Crippen LogP) is 0.860. The number of hydrogen-bond donors (Lipinski definition) is 1. The highest BCUT2D eigenvalue weighted by atomic mass is 79.9. The molecule has 0 aromatic carbocycles. The van der Waals surface area contributed by atoms with Gasteiger partial charge in [0, 0.05) is 6.07 Å². The maximum Gasteiger partial charge on any atom is 0.350 e. The lowest BCUT2D eigenvalue weighted by Crippen LogP contribution is -3.00. The minimum atomic E-state index is -0.372. The molecule has 1 amide bonds. The van der Waals surface area contributed by atoms with Crippen LogP contribution in [0.5, 0.6) is 0 Å². The minimum Gasteiger partial charge on any atom is -1.00 e. The molecule has 0 saturated heterocycles. The van der Waals surface area contributed by atoms with Crippen LogP contribution in [0.3, 0.4) is 0 Å². The van der Waals surface area contributed by atoms with Gasteiger partial charge in [0.05, 0.1) is 24.5 Å². The van der Waals surface area contributed by atoms with E-state index in [1.54, 1.807) is 0 Å². The number of carbonyl (C=O) groups excluding carboxylic acids is 2. The van der Waals surface area contributed by atoms with Crippen LogP contribution in [0.25, 0.3) is 0 Å². The molecule has 3 rings (SSSR count). The summed E-state index contributed by atoms with van der Waals surface area (Å²) in [5.74, 6) is -0.509. The molecule has 1 saturated carbocycles. The molecule has 2 aromatic heterocycles. The number of esters is 1. The van der Waals surface area contributed by atoms with Gasteiger partial charge in [-0.05, 0) is 37.1 Å². The van der Waals surface area contributed by atoms with Gasteiger partial charge in [-0.2, -0.15) is 4.68 Å². The van der Waals surface area contributed by atoms with Gasteiger partial charge in [0.2, 0.25) is 6.54 Å². The van der Waals surface area contributed by atoms with Gasteiger partial charge in [0.1, 0.15) is 4.88 Å². The van der Waals surface area contributed by atoms with E-state index in [1.165, 1.54) is 30.6 Å². The second kappa shape index (κ2) is 10.8. The molecular formula is C20H28BrN3O3S.